The fourth-order valence-electron chi connectivity index (χ4n) is 1.29. The van der Waals surface area contributed by atoms with Crippen molar-refractivity contribution in [2.45, 2.75) is 12.5 Å². The summed E-state index contributed by atoms with van der Waals surface area (Å²) in [6, 6.07) is 0.316. The number of nitrogens with zero attached hydrogens (tertiary/aromatic N) is 3. The molecule has 4 nitrogen and oxygen atoms in total. The van der Waals surface area contributed by atoms with Crippen molar-refractivity contribution in [2.24, 2.45) is 5.73 Å². The Bertz CT molecular complexity index is 222. The first-order valence-electron chi connectivity index (χ1n) is 3.64. The summed E-state index contributed by atoms with van der Waals surface area (Å²) >= 11 is 1.38. The van der Waals surface area contributed by atoms with Gasteiger partial charge in [-0.05, 0) is 18.0 Å². The number of hydrogen-bond acceptors (Lipinski definition) is 5. The van der Waals surface area contributed by atoms with E-state index in [9.17, 15) is 0 Å². The van der Waals surface area contributed by atoms with Gasteiger partial charge in [0.2, 0.25) is 0 Å². The van der Waals surface area contributed by atoms with Crippen LogP contribution in [0.2, 0.25) is 0 Å². The van der Waals surface area contributed by atoms with Crippen molar-refractivity contribution < 1.29 is 0 Å². The van der Waals surface area contributed by atoms with Gasteiger partial charge >= 0.3 is 0 Å². The smallest absolute Gasteiger partial charge is 0.163 e. The number of rotatable bonds is 1. The lowest BCUT2D eigenvalue weighted by molar-refractivity contribution is 0.751. The van der Waals surface area contributed by atoms with Crippen molar-refractivity contribution in [3.63, 3.8) is 0 Å². The van der Waals surface area contributed by atoms with E-state index in [0.29, 0.717) is 6.04 Å². The lowest BCUT2D eigenvalue weighted by atomic mass is 10.3. The standard InChI is InChI=1S/C6H10N4S/c7-5-1-2-10(3-5)6-4-11-9-8-6/h4-5H,1-3,7H2. The molecule has 5 heteroatoms. The highest BCUT2D eigenvalue weighted by atomic mass is 32.1. The summed E-state index contributed by atoms with van der Waals surface area (Å²) in [7, 11) is 0. The number of anilines is 1. The van der Waals surface area contributed by atoms with Crippen LogP contribution in [0.5, 0.6) is 0 Å². The van der Waals surface area contributed by atoms with Crippen LogP contribution in [-0.4, -0.2) is 28.7 Å². The van der Waals surface area contributed by atoms with Gasteiger partial charge in [0.15, 0.2) is 5.82 Å². The van der Waals surface area contributed by atoms with Crippen LogP contribution in [0.1, 0.15) is 6.42 Å². The van der Waals surface area contributed by atoms with Crippen LogP contribution in [-0.2, 0) is 0 Å². The van der Waals surface area contributed by atoms with Crippen molar-refractivity contribution in [2.75, 3.05) is 18.0 Å². The summed E-state index contributed by atoms with van der Waals surface area (Å²) in [5.74, 6) is 0.975. The first-order valence-corrected chi connectivity index (χ1v) is 4.47. The molecule has 1 atom stereocenters. The van der Waals surface area contributed by atoms with Gasteiger partial charge < -0.3 is 10.6 Å². The van der Waals surface area contributed by atoms with E-state index < -0.39 is 0 Å². The molecule has 1 fully saturated rings. The molecular weight excluding hydrogens is 160 g/mol. The Kier molecular flexibility index (Phi) is 1.75. The Hall–Kier alpha value is -0.680. The molecule has 0 radical (unpaired) electrons. The Morgan fingerprint density at radius 3 is 3.18 bits per heavy atom. The van der Waals surface area contributed by atoms with E-state index >= 15 is 0 Å². The second kappa shape index (κ2) is 2.75. The average molecular weight is 170 g/mol. The third-order valence-electron chi connectivity index (χ3n) is 1.90. The molecule has 1 aliphatic rings. The molecule has 0 bridgehead atoms. The van der Waals surface area contributed by atoms with Gasteiger partial charge in [0.05, 0.1) is 5.38 Å². The Labute approximate surface area is 69.2 Å². The third kappa shape index (κ3) is 1.34. The summed E-state index contributed by atoms with van der Waals surface area (Å²) in [6.45, 7) is 1.94. The largest absolute Gasteiger partial charge is 0.353 e. The SMILES string of the molecule is NC1CCN(c2csnn2)C1. The van der Waals surface area contributed by atoms with Crippen molar-refractivity contribution in [3.8, 4) is 0 Å². The summed E-state index contributed by atoms with van der Waals surface area (Å²) in [6.07, 6.45) is 1.07. The predicted octanol–water partition coefficient (Wildman–Crippen LogP) is 0.0755. The van der Waals surface area contributed by atoms with Crippen LogP contribution in [0.15, 0.2) is 5.38 Å². The summed E-state index contributed by atoms with van der Waals surface area (Å²) in [5.41, 5.74) is 5.74. The van der Waals surface area contributed by atoms with Crippen LogP contribution in [0.4, 0.5) is 5.82 Å². The normalized spacial score (nSPS) is 24.5. The van der Waals surface area contributed by atoms with Crippen molar-refractivity contribution in [1.29, 1.82) is 0 Å². The first-order chi connectivity index (χ1) is 5.36. The molecule has 2 rings (SSSR count). The molecular formula is C6H10N4S. The van der Waals surface area contributed by atoms with Crippen molar-refractivity contribution in [3.05, 3.63) is 5.38 Å². The highest BCUT2D eigenvalue weighted by Gasteiger charge is 2.20. The summed E-state index contributed by atoms with van der Waals surface area (Å²) in [5, 5.41) is 5.93. The van der Waals surface area contributed by atoms with Gasteiger partial charge in [-0.1, -0.05) is 4.49 Å². The van der Waals surface area contributed by atoms with Crippen LogP contribution in [0.3, 0.4) is 0 Å². The lowest BCUT2D eigenvalue weighted by Gasteiger charge is -2.12. The topological polar surface area (TPSA) is 55.0 Å². The van der Waals surface area contributed by atoms with Crippen LogP contribution < -0.4 is 10.6 Å². The maximum Gasteiger partial charge on any atom is 0.163 e. The van der Waals surface area contributed by atoms with Gasteiger partial charge in [0.1, 0.15) is 0 Å². The minimum Gasteiger partial charge on any atom is -0.353 e. The monoisotopic (exact) mass is 170 g/mol. The molecule has 0 amide bonds. The number of nitrogens with two attached hydrogens (primary N) is 1. The quantitative estimate of drug-likeness (QED) is 0.648. The number of aromatic nitrogens is 2. The highest BCUT2D eigenvalue weighted by Crippen LogP contribution is 2.17. The van der Waals surface area contributed by atoms with Crippen molar-refractivity contribution >= 4 is 17.4 Å². The minimum absolute atomic E-state index is 0.316. The zero-order valence-corrected chi connectivity index (χ0v) is 6.92. The summed E-state index contributed by atoms with van der Waals surface area (Å²) in [4.78, 5) is 2.17. The second-order valence-corrected chi connectivity index (χ2v) is 3.37. The van der Waals surface area contributed by atoms with E-state index in [2.05, 4.69) is 14.5 Å². The van der Waals surface area contributed by atoms with E-state index in [0.717, 1.165) is 25.3 Å². The molecule has 1 saturated heterocycles. The van der Waals surface area contributed by atoms with E-state index in [4.69, 9.17) is 5.73 Å². The maximum absolute atomic E-state index is 5.74. The molecule has 1 aliphatic heterocycles. The molecule has 1 unspecified atom stereocenters. The average Bonchev–Trinajstić information content (AvgIpc) is 2.55. The second-order valence-electron chi connectivity index (χ2n) is 2.76. The molecule has 1 aromatic rings. The molecule has 11 heavy (non-hydrogen) atoms. The first kappa shape index (κ1) is 7.00. The molecule has 1 aromatic heterocycles. The van der Waals surface area contributed by atoms with Crippen LogP contribution >= 0.6 is 11.5 Å². The highest BCUT2D eigenvalue weighted by molar-refractivity contribution is 7.03. The Balaban J connectivity index is 2.08. The van der Waals surface area contributed by atoms with E-state index in [-0.39, 0.29) is 0 Å². The molecule has 2 heterocycles. The van der Waals surface area contributed by atoms with Crippen LogP contribution in [0.25, 0.3) is 0 Å². The van der Waals surface area contributed by atoms with Gasteiger partial charge in [-0.3, -0.25) is 0 Å². The Morgan fingerprint density at radius 2 is 2.64 bits per heavy atom. The third-order valence-corrected chi connectivity index (χ3v) is 2.39. The predicted molar refractivity (Wildman–Crippen MR) is 44.7 cm³/mol. The Morgan fingerprint density at radius 1 is 1.73 bits per heavy atom. The van der Waals surface area contributed by atoms with E-state index in [1.54, 1.807) is 0 Å². The zero-order valence-electron chi connectivity index (χ0n) is 6.10. The van der Waals surface area contributed by atoms with E-state index in [1.165, 1.54) is 11.5 Å². The molecule has 0 aromatic carbocycles. The number of hydrogen-bond donors (Lipinski definition) is 1. The van der Waals surface area contributed by atoms with E-state index in [1.807, 2.05) is 5.38 Å². The fourth-order valence-corrected chi connectivity index (χ4v) is 1.76. The van der Waals surface area contributed by atoms with Crippen molar-refractivity contribution in [1.82, 2.24) is 9.59 Å². The van der Waals surface area contributed by atoms with Gasteiger partial charge in [-0.2, -0.15) is 0 Å². The molecule has 0 saturated carbocycles. The lowest BCUT2D eigenvalue weighted by Crippen LogP contribution is -2.26. The summed E-state index contributed by atoms with van der Waals surface area (Å²) < 4.78 is 3.80. The fraction of sp³-hybridized carbons (Fsp3) is 0.667. The van der Waals surface area contributed by atoms with Gasteiger partial charge in [-0.15, -0.1) is 5.10 Å². The molecule has 60 valence electrons. The zero-order chi connectivity index (χ0) is 7.68. The maximum atomic E-state index is 5.74. The van der Waals surface area contributed by atoms with Gasteiger partial charge in [0, 0.05) is 19.1 Å². The van der Waals surface area contributed by atoms with Crippen LogP contribution in [0, 0.1) is 0 Å². The molecule has 0 aliphatic carbocycles. The van der Waals surface area contributed by atoms with Gasteiger partial charge in [-0.25, -0.2) is 0 Å². The minimum atomic E-state index is 0.316. The molecule has 0 spiro atoms. The van der Waals surface area contributed by atoms with Gasteiger partial charge in [0.25, 0.3) is 0 Å². The molecule has 2 N–H and O–H groups in total.